The molecule has 1 atom stereocenters. The lowest BCUT2D eigenvalue weighted by molar-refractivity contribution is 0.1000. The number of carbonyl (C=O) groups excluding carboxylic acids is 1. The summed E-state index contributed by atoms with van der Waals surface area (Å²) in [6.07, 6.45) is 5.38. The van der Waals surface area contributed by atoms with E-state index in [1.54, 1.807) is 12.1 Å². The van der Waals surface area contributed by atoms with Gasteiger partial charge in [-0.2, -0.15) is 0 Å². The Balaban J connectivity index is 1.46. The van der Waals surface area contributed by atoms with Gasteiger partial charge in [-0.05, 0) is 86.6 Å². The molecule has 1 aliphatic carbocycles. The highest BCUT2D eigenvalue weighted by molar-refractivity contribution is 5.92. The van der Waals surface area contributed by atoms with Gasteiger partial charge >= 0.3 is 0 Å². The van der Waals surface area contributed by atoms with Gasteiger partial charge in [0.25, 0.3) is 0 Å². The maximum absolute atomic E-state index is 13.2. The molecule has 1 aromatic heterocycles. The van der Waals surface area contributed by atoms with Gasteiger partial charge in [0.15, 0.2) is 0 Å². The molecule has 32 heavy (non-hydrogen) atoms. The van der Waals surface area contributed by atoms with Gasteiger partial charge in [0.1, 0.15) is 11.6 Å². The minimum atomic E-state index is -0.515. The van der Waals surface area contributed by atoms with Crippen LogP contribution in [0.4, 0.5) is 4.39 Å². The quantitative estimate of drug-likeness (QED) is 0.543. The van der Waals surface area contributed by atoms with Crippen LogP contribution in [0.2, 0.25) is 0 Å². The van der Waals surface area contributed by atoms with Crippen molar-refractivity contribution < 1.29 is 13.9 Å². The number of amides is 1. The molecule has 1 unspecified atom stereocenters. The van der Waals surface area contributed by atoms with Crippen molar-refractivity contribution in [3.05, 3.63) is 88.9 Å². The Morgan fingerprint density at radius 3 is 2.66 bits per heavy atom. The number of nitrogens with zero attached hydrogens (tertiary/aromatic N) is 1. The standard InChI is InChI=1S/C26H28FN3O2/c1-26(2,15-17-6-9-20(27)10-7-17)30-23-5-3-4-18-14-21(11-12-22(18)23)32-24-13-8-19(16-29-24)25(28)31/h6-14,16,23,30H,3-5,15H2,1-2H3,(H2,28,31). The molecule has 3 aromatic rings. The molecule has 5 nitrogen and oxygen atoms in total. The second-order valence-electron chi connectivity index (χ2n) is 8.99. The number of pyridine rings is 1. The number of hydrogen-bond donors (Lipinski definition) is 2. The first kappa shape index (κ1) is 22.0. The van der Waals surface area contributed by atoms with Crippen molar-refractivity contribution >= 4 is 5.91 Å². The summed E-state index contributed by atoms with van der Waals surface area (Å²) in [4.78, 5) is 15.4. The first-order valence-corrected chi connectivity index (χ1v) is 10.9. The molecule has 0 fully saturated rings. The molecule has 166 valence electrons. The van der Waals surface area contributed by atoms with Crippen LogP contribution in [0.15, 0.2) is 60.8 Å². The predicted octanol–water partition coefficient (Wildman–Crippen LogP) is 5.10. The van der Waals surface area contributed by atoms with Gasteiger partial charge in [-0.3, -0.25) is 4.79 Å². The first-order valence-electron chi connectivity index (χ1n) is 10.9. The summed E-state index contributed by atoms with van der Waals surface area (Å²) >= 11 is 0. The number of benzene rings is 2. The van der Waals surface area contributed by atoms with E-state index in [1.807, 2.05) is 18.2 Å². The number of fused-ring (bicyclic) bond motifs is 1. The molecule has 2 aromatic carbocycles. The molecular weight excluding hydrogens is 405 g/mol. The SMILES string of the molecule is CC(C)(Cc1ccc(F)cc1)NC1CCCc2cc(Oc3ccc(C(N)=O)cn3)ccc21. The highest BCUT2D eigenvalue weighted by Crippen LogP contribution is 2.35. The Hall–Kier alpha value is -3.25. The predicted molar refractivity (Wildman–Crippen MR) is 122 cm³/mol. The van der Waals surface area contributed by atoms with E-state index < -0.39 is 5.91 Å². The maximum Gasteiger partial charge on any atom is 0.250 e. The number of primary amides is 1. The van der Waals surface area contributed by atoms with E-state index in [9.17, 15) is 9.18 Å². The molecular formula is C26H28FN3O2. The van der Waals surface area contributed by atoms with Crippen LogP contribution in [0, 0.1) is 5.82 Å². The van der Waals surface area contributed by atoms with Crippen LogP contribution in [0.25, 0.3) is 0 Å². The zero-order chi connectivity index (χ0) is 22.7. The minimum absolute atomic E-state index is 0.141. The van der Waals surface area contributed by atoms with E-state index in [4.69, 9.17) is 10.5 Å². The molecule has 0 saturated heterocycles. The summed E-state index contributed by atoms with van der Waals surface area (Å²) in [5, 5.41) is 3.81. The van der Waals surface area contributed by atoms with E-state index in [-0.39, 0.29) is 17.4 Å². The van der Waals surface area contributed by atoms with Crippen molar-refractivity contribution in [3.63, 3.8) is 0 Å². The van der Waals surface area contributed by atoms with E-state index in [2.05, 4.69) is 36.3 Å². The maximum atomic E-state index is 13.2. The third-order valence-electron chi connectivity index (χ3n) is 5.80. The Morgan fingerprint density at radius 1 is 1.19 bits per heavy atom. The highest BCUT2D eigenvalue weighted by Gasteiger charge is 2.27. The van der Waals surface area contributed by atoms with Crippen molar-refractivity contribution in [2.75, 3.05) is 0 Å². The summed E-state index contributed by atoms with van der Waals surface area (Å²) in [5.41, 5.74) is 9.12. The Kier molecular flexibility index (Phi) is 6.24. The molecule has 0 saturated carbocycles. The lowest BCUT2D eigenvalue weighted by Gasteiger charge is -2.35. The van der Waals surface area contributed by atoms with Crippen molar-refractivity contribution in [1.29, 1.82) is 0 Å². The summed E-state index contributed by atoms with van der Waals surface area (Å²) in [6.45, 7) is 4.37. The van der Waals surface area contributed by atoms with Crippen LogP contribution in [-0.2, 0) is 12.8 Å². The number of carbonyl (C=O) groups is 1. The largest absolute Gasteiger partial charge is 0.439 e. The van der Waals surface area contributed by atoms with Crippen molar-refractivity contribution in [3.8, 4) is 11.6 Å². The molecule has 0 aliphatic heterocycles. The molecule has 1 heterocycles. The first-order chi connectivity index (χ1) is 15.3. The number of hydrogen-bond acceptors (Lipinski definition) is 4. The van der Waals surface area contributed by atoms with E-state index in [0.29, 0.717) is 17.2 Å². The number of nitrogens with one attached hydrogen (secondary N) is 1. The van der Waals surface area contributed by atoms with Crippen LogP contribution in [-0.4, -0.2) is 16.4 Å². The van der Waals surface area contributed by atoms with Gasteiger partial charge in [0.05, 0.1) is 5.56 Å². The third-order valence-corrected chi connectivity index (χ3v) is 5.80. The van der Waals surface area contributed by atoms with Gasteiger partial charge < -0.3 is 15.8 Å². The van der Waals surface area contributed by atoms with Crippen molar-refractivity contribution in [2.45, 2.75) is 51.1 Å². The molecule has 6 heteroatoms. The van der Waals surface area contributed by atoms with Gasteiger partial charge in [-0.15, -0.1) is 0 Å². The zero-order valence-electron chi connectivity index (χ0n) is 18.4. The average molecular weight is 434 g/mol. The van der Waals surface area contributed by atoms with Gasteiger partial charge in [-0.25, -0.2) is 9.37 Å². The van der Waals surface area contributed by atoms with Crippen molar-refractivity contribution in [1.82, 2.24) is 10.3 Å². The summed E-state index contributed by atoms with van der Waals surface area (Å²) in [5.74, 6) is 0.409. The summed E-state index contributed by atoms with van der Waals surface area (Å²) < 4.78 is 19.1. The monoisotopic (exact) mass is 433 g/mol. The fourth-order valence-electron chi connectivity index (χ4n) is 4.35. The second-order valence-corrected chi connectivity index (χ2v) is 8.99. The van der Waals surface area contributed by atoms with E-state index in [1.165, 1.54) is 29.5 Å². The van der Waals surface area contributed by atoms with Crippen LogP contribution >= 0.6 is 0 Å². The molecule has 0 bridgehead atoms. The van der Waals surface area contributed by atoms with E-state index in [0.717, 1.165) is 31.2 Å². The Morgan fingerprint density at radius 2 is 1.97 bits per heavy atom. The highest BCUT2D eigenvalue weighted by atomic mass is 19.1. The van der Waals surface area contributed by atoms with Crippen LogP contribution in [0.3, 0.4) is 0 Å². The molecule has 4 rings (SSSR count). The second kappa shape index (κ2) is 9.09. The Labute approximate surface area is 187 Å². The topological polar surface area (TPSA) is 77.2 Å². The van der Waals surface area contributed by atoms with Gasteiger partial charge in [0, 0.05) is 23.8 Å². The lowest BCUT2D eigenvalue weighted by Crippen LogP contribution is -2.44. The molecule has 0 radical (unpaired) electrons. The van der Waals surface area contributed by atoms with Gasteiger partial charge in [0.2, 0.25) is 11.8 Å². The molecule has 3 N–H and O–H groups in total. The third kappa shape index (κ3) is 5.32. The molecule has 1 aliphatic rings. The Bertz CT molecular complexity index is 1100. The number of aromatic nitrogens is 1. The fraction of sp³-hybridized carbons (Fsp3) is 0.308. The normalized spacial score (nSPS) is 15.8. The van der Waals surface area contributed by atoms with Crippen LogP contribution in [0.5, 0.6) is 11.6 Å². The minimum Gasteiger partial charge on any atom is -0.439 e. The van der Waals surface area contributed by atoms with Gasteiger partial charge in [-0.1, -0.05) is 18.2 Å². The average Bonchev–Trinajstić information content (AvgIpc) is 2.75. The van der Waals surface area contributed by atoms with E-state index >= 15 is 0 Å². The number of ether oxygens (including phenoxy) is 1. The van der Waals surface area contributed by atoms with Crippen molar-refractivity contribution in [2.24, 2.45) is 5.73 Å². The number of rotatable bonds is 7. The smallest absolute Gasteiger partial charge is 0.250 e. The van der Waals surface area contributed by atoms with Crippen LogP contribution in [0.1, 0.15) is 59.8 Å². The molecule has 1 amide bonds. The summed E-state index contributed by atoms with van der Waals surface area (Å²) in [6, 6.07) is 16.4. The number of nitrogens with two attached hydrogens (primary N) is 1. The number of halogens is 1. The lowest BCUT2D eigenvalue weighted by atomic mass is 9.85. The van der Waals surface area contributed by atoms with Crippen LogP contribution < -0.4 is 15.8 Å². The zero-order valence-corrected chi connectivity index (χ0v) is 18.4. The fourth-order valence-corrected chi connectivity index (χ4v) is 4.35. The number of aryl methyl sites for hydroxylation is 1. The molecule has 0 spiro atoms. The summed E-state index contributed by atoms with van der Waals surface area (Å²) in [7, 11) is 0.